The summed E-state index contributed by atoms with van der Waals surface area (Å²) in [7, 11) is 0. The smallest absolute Gasteiger partial charge is 0.238 e. The van der Waals surface area contributed by atoms with Crippen molar-refractivity contribution in [2.24, 2.45) is 23.7 Å². The van der Waals surface area contributed by atoms with Crippen molar-refractivity contribution in [3.05, 3.63) is 66.0 Å². The summed E-state index contributed by atoms with van der Waals surface area (Å²) in [5, 5.41) is 0. The van der Waals surface area contributed by atoms with Crippen LogP contribution in [0.15, 0.2) is 59.0 Å². The molecule has 2 bridgehead atoms. The maximum Gasteiger partial charge on any atom is 0.238 e. The molecule has 150 valence electrons. The second-order valence-electron chi connectivity index (χ2n) is 8.06. The van der Waals surface area contributed by atoms with Gasteiger partial charge in [-0.15, -0.1) is 11.3 Å². The van der Waals surface area contributed by atoms with E-state index in [1.54, 1.807) is 35.2 Å². The minimum absolute atomic E-state index is 0.0587. The van der Waals surface area contributed by atoms with Gasteiger partial charge >= 0.3 is 0 Å². The molecule has 2 aliphatic carbocycles. The van der Waals surface area contributed by atoms with Crippen LogP contribution in [0.3, 0.4) is 0 Å². The number of allylic oxidation sites excluding steroid dienone is 2. The summed E-state index contributed by atoms with van der Waals surface area (Å²) in [6, 6.07) is 12.1. The van der Waals surface area contributed by atoms with Gasteiger partial charge in [0.1, 0.15) is 5.82 Å². The van der Waals surface area contributed by atoms with Gasteiger partial charge in [-0.25, -0.2) is 14.3 Å². The van der Waals surface area contributed by atoms with Gasteiger partial charge in [0.05, 0.1) is 27.7 Å². The molecule has 3 aromatic rings. The first-order chi connectivity index (χ1) is 14.6. The predicted octanol–water partition coefficient (Wildman–Crippen LogP) is 5.04. The zero-order chi connectivity index (χ0) is 20.4. The van der Waals surface area contributed by atoms with Gasteiger partial charge in [0.2, 0.25) is 11.8 Å². The monoisotopic (exact) mass is 436 g/mol. The van der Waals surface area contributed by atoms with Gasteiger partial charge in [-0.05, 0) is 54.2 Å². The first kappa shape index (κ1) is 18.3. The Kier molecular flexibility index (Phi) is 4.11. The molecule has 0 N–H and O–H groups in total. The van der Waals surface area contributed by atoms with Crippen LogP contribution in [0.1, 0.15) is 12.0 Å². The van der Waals surface area contributed by atoms with E-state index in [1.807, 2.05) is 18.2 Å². The second-order valence-corrected chi connectivity index (χ2v) is 10.3. The minimum Gasteiger partial charge on any atom is -0.274 e. The Balaban J connectivity index is 1.25. The van der Waals surface area contributed by atoms with E-state index >= 15 is 0 Å². The molecule has 30 heavy (non-hydrogen) atoms. The maximum atomic E-state index is 13.1. The Hall–Kier alpha value is -2.51. The lowest BCUT2D eigenvalue weighted by Gasteiger charge is -2.17. The number of thiazole rings is 1. The van der Waals surface area contributed by atoms with Gasteiger partial charge in [-0.1, -0.05) is 36.0 Å². The van der Waals surface area contributed by atoms with E-state index in [1.165, 1.54) is 17.0 Å². The third-order valence-electron chi connectivity index (χ3n) is 6.36. The molecule has 1 aliphatic heterocycles. The molecule has 2 amide bonds. The van der Waals surface area contributed by atoms with Crippen LogP contribution in [0.4, 0.5) is 10.1 Å². The number of anilines is 1. The van der Waals surface area contributed by atoms with Crippen LogP contribution < -0.4 is 4.90 Å². The molecule has 2 aromatic carbocycles. The molecule has 1 saturated heterocycles. The summed E-state index contributed by atoms with van der Waals surface area (Å²) in [6.07, 6.45) is 5.15. The summed E-state index contributed by atoms with van der Waals surface area (Å²) in [6.45, 7) is 0. The first-order valence-electron chi connectivity index (χ1n) is 9.92. The minimum atomic E-state index is -0.241. The Labute approximate surface area is 180 Å². The van der Waals surface area contributed by atoms with E-state index < -0.39 is 0 Å². The number of carbonyl (C=O) groups is 2. The van der Waals surface area contributed by atoms with Crippen LogP contribution in [0.5, 0.6) is 0 Å². The van der Waals surface area contributed by atoms with Crippen molar-refractivity contribution in [3.63, 3.8) is 0 Å². The van der Waals surface area contributed by atoms with Crippen LogP contribution >= 0.6 is 23.1 Å². The number of amides is 2. The maximum absolute atomic E-state index is 13.1. The first-order valence-corrected chi connectivity index (χ1v) is 11.7. The molecular weight excluding hydrogens is 419 g/mol. The summed E-state index contributed by atoms with van der Waals surface area (Å²) in [5.41, 5.74) is 2.53. The molecule has 0 radical (unpaired) electrons. The van der Waals surface area contributed by atoms with Gasteiger partial charge in [-0.2, -0.15) is 0 Å². The molecule has 0 spiro atoms. The number of imide groups is 1. The third-order valence-corrected chi connectivity index (χ3v) is 8.59. The number of thioether (sulfide) groups is 1. The number of carbonyl (C=O) groups excluding carboxylic acids is 2. The fourth-order valence-corrected chi connectivity index (χ4v) is 7.03. The molecule has 1 aromatic heterocycles. The van der Waals surface area contributed by atoms with Crippen molar-refractivity contribution in [2.45, 2.75) is 16.5 Å². The standard InChI is InChI=1S/C23H17FN2O2S2/c24-15-5-1-12(2-6-15)11-29-23-25-17-8-7-16(10-18(17)30-23)26-21(27)19-13-3-4-14(9-13)20(19)22(26)28/h1-8,10,13-14,19-20H,9,11H2/t13-,14-,19-,20-/m0/s1. The Morgan fingerprint density at radius 2 is 1.73 bits per heavy atom. The number of nitrogens with zero attached hydrogens (tertiary/aromatic N) is 2. The normalized spacial score (nSPS) is 26.9. The SMILES string of the molecule is O=C1[C@@H]2[C@@H](C(=O)N1c1ccc3nc(SCc4ccc(F)cc4)sc3c1)[C@H]1C=C[C@H]2C1. The quantitative estimate of drug-likeness (QED) is 0.327. The number of halogens is 1. The van der Waals surface area contributed by atoms with Crippen molar-refractivity contribution in [1.82, 2.24) is 4.98 Å². The summed E-state index contributed by atoms with van der Waals surface area (Å²) >= 11 is 3.14. The topological polar surface area (TPSA) is 50.3 Å². The molecule has 2 heterocycles. The molecule has 6 rings (SSSR count). The lowest BCUT2D eigenvalue weighted by Crippen LogP contribution is -2.32. The summed E-state index contributed by atoms with van der Waals surface area (Å²) in [5.74, 6) is 0.391. The van der Waals surface area contributed by atoms with Crippen LogP contribution in [0, 0.1) is 29.5 Å². The number of benzene rings is 2. The highest BCUT2D eigenvalue weighted by Crippen LogP contribution is 2.53. The van der Waals surface area contributed by atoms with Crippen molar-refractivity contribution in [3.8, 4) is 0 Å². The van der Waals surface area contributed by atoms with E-state index in [9.17, 15) is 14.0 Å². The van der Waals surface area contributed by atoms with E-state index in [4.69, 9.17) is 0 Å². The van der Waals surface area contributed by atoms with Crippen molar-refractivity contribution in [1.29, 1.82) is 0 Å². The fourth-order valence-electron chi connectivity index (χ4n) is 4.98. The Bertz CT molecular complexity index is 1190. The highest BCUT2D eigenvalue weighted by atomic mass is 32.2. The van der Waals surface area contributed by atoms with Crippen LogP contribution in [-0.2, 0) is 15.3 Å². The van der Waals surface area contributed by atoms with Crippen molar-refractivity contribution >= 4 is 50.8 Å². The number of hydrogen-bond donors (Lipinski definition) is 0. The van der Waals surface area contributed by atoms with Crippen LogP contribution in [0.2, 0.25) is 0 Å². The van der Waals surface area contributed by atoms with E-state index in [2.05, 4.69) is 17.1 Å². The van der Waals surface area contributed by atoms with Crippen LogP contribution in [0.25, 0.3) is 10.2 Å². The number of aromatic nitrogens is 1. The van der Waals surface area contributed by atoms with E-state index in [0.717, 1.165) is 26.5 Å². The molecule has 2 fully saturated rings. The fraction of sp³-hybridized carbons (Fsp3) is 0.261. The van der Waals surface area contributed by atoms with Gasteiger partial charge in [0.25, 0.3) is 0 Å². The van der Waals surface area contributed by atoms with Crippen molar-refractivity contribution < 1.29 is 14.0 Å². The Morgan fingerprint density at radius 3 is 2.43 bits per heavy atom. The second kappa shape index (κ2) is 6.75. The third kappa shape index (κ3) is 2.76. The van der Waals surface area contributed by atoms with Crippen LogP contribution in [-0.4, -0.2) is 16.8 Å². The average molecular weight is 437 g/mol. The lowest BCUT2D eigenvalue weighted by atomic mass is 9.85. The highest BCUT2D eigenvalue weighted by Gasteiger charge is 2.59. The molecule has 0 unspecified atom stereocenters. The molecule has 1 saturated carbocycles. The Morgan fingerprint density at radius 1 is 1.03 bits per heavy atom. The van der Waals surface area contributed by atoms with Gasteiger partial charge in [0, 0.05) is 5.75 Å². The van der Waals surface area contributed by atoms with Crippen molar-refractivity contribution in [2.75, 3.05) is 4.90 Å². The average Bonchev–Trinajstić information content (AvgIpc) is 3.50. The predicted molar refractivity (Wildman–Crippen MR) is 116 cm³/mol. The van der Waals surface area contributed by atoms with E-state index in [0.29, 0.717) is 11.4 Å². The molecular formula is C23H17FN2O2S2. The number of fused-ring (bicyclic) bond motifs is 6. The van der Waals surface area contributed by atoms with E-state index in [-0.39, 0.29) is 41.3 Å². The molecule has 4 atom stereocenters. The highest BCUT2D eigenvalue weighted by molar-refractivity contribution is 8.00. The molecule has 7 heteroatoms. The molecule has 3 aliphatic rings. The number of rotatable bonds is 4. The van der Waals surface area contributed by atoms with Gasteiger partial charge in [-0.3, -0.25) is 9.59 Å². The zero-order valence-corrected chi connectivity index (χ0v) is 17.5. The lowest BCUT2D eigenvalue weighted by molar-refractivity contribution is -0.123. The largest absolute Gasteiger partial charge is 0.274 e. The number of hydrogen-bond acceptors (Lipinski definition) is 5. The summed E-state index contributed by atoms with van der Waals surface area (Å²) < 4.78 is 14.9. The zero-order valence-electron chi connectivity index (χ0n) is 15.8. The molecule has 4 nitrogen and oxygen atoms in total. The van der Waals surface area contributed by atoms with Gasteiger partial charge in [0.15, 0.2) is 4.34 Å². The van der Waals surface area contributed by atoms with Gasteiger partial charge < -0.3 is 0 Å². The summed E-state index contributed by atoms with van der Waals surface area (Å²) in [4.78, 5) is 32.1.